The molecule has 1 amide bonds. The van der Waals surface area contributed by atoms with Crippen LogP contribution in [0.4, 0.5) is 15.8 Å². The Balaban J connectivity index is 2.00. The third kappa shape index (κ3) is 2.31. The van der Waals surface area contributed by atoms with Gasteiger partial charge in [-0.2, -0.15) is 5.10 Å². The highest BCUT2D eigenvalue weighted by atomic mass is 32.1. The number of thiophene rings is 1. The summed E-state index contributed by atoms with van der Waals surface area (Å²) in [5, 5.41) is 10.9. The fourth-order valence-electron chi connectivity index (χ4n) is 2.00. The number of carbonyl (C=O) groups is 1. The molecule has 0 aliphatic rings. The maximum Gasteiger partial charge on any atom is 0.268 e. The maximum atomic E-state index is 13.8. The number of nitrogens with two attached hydrogens (primary N) is 1. The minimum atomic E-state index is -0.483. The zero-order valence-corrected chi connectivity index (χ0v) is 11.9. The zero-order chi connectivity index (χ0) is 15.0. The molecule has 0 atom stereocenters. The highest BCUT2D eigenvalue weighted by Crippen LogP contribution is 2.32. The van der Waals surface area contributed by atoms with Gasteiger partial charge < -0.3 is 11.1 Å². The van der Waals surface area contributed by atoms with E-state index in [2.05, 4.69) is 15.5 Å². The second kappa shape index (κ2) is 5.10. The molecule has 1 aromatic carbocycles. The summed E-state index contributed by atoms with van der Waals surface area (Å²) in [6.45, 7) is 1.72. The molecule has 2 aromatic heterocycles. The molecule has 0 spiro atoms. The first kappa shape index (κ1) is 13.4. The van der Waals surface area contributed by atoms with Crippen molar-refractivity contribution in [2.45, 2.75) is 6.92 Å². The highest BCUT2D eigenvalue weighted by molar-refractivity contribution is 7.21. The molecule has 0 unspecified atom stereocenters. The van der Waals surface area contributed by atoms with Crippen LogP contribution in [0.3, 0.4) is 0 Å². The summed E-state index contributed by atoms with van der Waals surface area (Å²) >= 11 is 1.13. The van der Waals surface area contributed by atoms with Crippen LogP contribution in [0, 0.1) is 12.7 Å². The molecule has 0 saturated heterocycles. The van der Waals surface area contributed by atoms with Crippen molar-refractivity contribution < 1.29 is 9.18 Å². The number of amides is 1. The van der Waals surface area contributed by atoms with E-state index in [1.165, 1.54) is 12.3 Å². The lowest BCUT2D eigenvalue weighted by Gasteiger charge is -2.08. The van der Waals surface area contributed by atoms with Gasteiger partial charge in [-0.25, -0.2) is 4.39 Å². The largest absolute Gasteiger partial charge is 0.397 e. The summed E-state index contributed by atoms with van der Waals surface area (Å²) in [5.74, 6) is -0.938. The number of anilines is 2. The van der Waals surface area contributed by atoms with Crippen LogP contribution in [0.2, 0.25) is 0 Å². The lowest BCUT2D eigenvalue weighted by atomic mass is 10.2. The van der Waals surface area contributed by atoms with Gasteiger partial charge in [-0.15, -0.1) is 16.4 Å². The van der Waals surface area contributed by atoms with Crippen molar-refractivity contribution in [3.05, 3.63) is 46.7 Å². The van der Waals surface area contributed by atoms with Crippen LogP contribution >= 0.6 is 11.3 Å². The first-order valence-corrected chi connectivity index (χ1v) is 6.95. The Morgan fingerprint density at radius 2 is 2.19 bits per heavy atom. The summed E-state index contributed by atoms with van der Waals surface area (Å²) in [7, 11) is 0. The van der Waals surface area contributed by atoms with Gasteiger partial charge in [-0.1, -0.05) is 12.1 Å². The molecule has 7 heteroatoms. The molecule has 0 bridgehead atoms. The Morgan fingerprint density at radius 3 is 2.90 bits per heavy atom. The van der Waals surface area contributed by atoms with E-state index in [9.17, 15) is 9.18 Å². The van der Waals surface area contributed by atoms with Crippen molar-refractivity contribution >= 4 is 38.8 Å². The van der Waals surface area contributed by atoms with Crippen LogP contribution < -0.4 is 11.1 Å². The first-order valence-electron chi connectivity index (χ1n) is 6.14. The van der Waals surface area contributed by atoms with Gasteiger partial charge in [-0.05, 0) is 24.6 Å². The SMILES string of the molecule is Cc1cccc(F)c1NC(=O)c1sc2nnccc2c1N. The number of benzene rings is 1. The normalized spacial score (nSPS) is 10.8. The molecule has 106 valence electrons. The van der Waals surface area contributed by atoms with Crippen molar-refractivity contribution in [2.75, 3.05) is 11.1 Å². The van der Waals surface area contributed by atoms with Gasteiger partial charge in [0.2, 0.25) is 0 Å². The lowest BCUT2D eigenvalue weighted by Crippen LogP contribution is -2.14. The molecule has 5 nitrogen and oxygen atoms in total. The minimum absolute atomic E-state index is 0.158. The Hall–Kier alpha value is -2.54. The molecule has 0 aliphatic heterocycles. The van der Waals surface area contributed by atoms with Gasteiger partial charge in [0.15, 0.2) is 0 Å². The van der Waals surface area contributed by atoms with Gasteiger partial charge in [0.05, 0.1) is 17.6 Å². The van der Waals surface area contributed by atoms with Crippen LogP contribution in [-0.2, 0) is 0 Å². The molecule has 0 saturated carbocycles. The van der Waals surface area contributed by atoms with E-state index in [-0.39, 0.29) is 5.69 Å². The van der Waals surface area contributed by atoms with E-state index in [1.807, 2.05) is 0 Å². The molecule has 21 heavy (non-hydrogen) atoms. The number of nitrogens with zero attached hydrogens (tertiary/aromatic N) is 2. The molecule has 3 rings (SSSR count). The first-order chi connectivity index (χ1) is 10.1. The number of hydrogen-bond acceptors (Lipinski definition) is 5. The van der Waals surface area contributed by atoms with E-state index in [0.717, 1.165) is 11.3 Å². The van der Waals surface area contributed by atoms with E-state index >= 15 is 0 Å². The van der Waals surface area contributed by atoms with Gasteiger partial charge in [-0.3, -0.25) is 4.79 Å². The molecule has 0 aliphatic carbocycles. The zero-order valence-electron chi connectivity index (χ0n) is 11.1. The molecule has 3 N–H and O–H groups in total. The smallest absolute Gasteiger partial charge is 0.268 e. The number of halogens is 1. The van der Waals surface area contributed by atoms with Crippen molar-refractivity contribution in [3.63, 3.8) is 0 Å². The number of nitrogens with one attached hydrogen (secondary N) is 1. The number of aromatic nitrogens is 2. The summed E-state index contributed by atoms with van der Waals surface area (Å²) in [4.78, 5) is 13.2. The molecule has 0 fully saturated rings. The van der Waals surface area contributed by atoms with Gasteiger partial charge in [0.25, 0.3) is 5.91 Å². The maximum absolute atomic E-state index is 13.8. The number of aryl methyl sites for hydroxylation is 1. The predicted molar refractivity (Wildman–Crippen MR) is 80.9 cm³/mol. The lowest BCUT2D eigenvalue weighted by molar-refractivity contribution is 0.103. The standard InChI is InChI=1S/C14H11FN4OS/c1-7-3-2-4-9(15)11(7)18-13(20)12-10(16)8-5-6-17-19-14(8)21-12/h2-6H,16H2,1H3,(H,18,20). The Morgan fingerprint density at radius 1 is 1.38 bits per heavy atom. The second-order valence-electron chi connectivity index (χ2n) is 4.48. The highest BCUT2D eigenvalue weighted by Gasteiger charge is 2.19. The second-order valence-corrected chi connectivity index (χ2v) is 5.48. The Labute approximate surface area is 123 Å². The quantitative estimate of drug-likeness (QED) is 0.762. The number of para-hydroxylation sites is 1. The summed E-state index contributed by atoms with van der Waals surface area (Å²) in [5.41, 5.74) is 7.09. The molecular formula is C14H11FN4OS. The average Bonchev–Trinajstić information content (AvgIpc) is 2.81. The van der Waals surface area contributed by atoms with E-state index in [1.54, 1.807) is 25.1 Å². The molecule has 3 aromatic rings. The fraction of sp³-hybridized carbons (Fsp3) is 0.0714. The predicted octanol–water partition coefficient (Wildman–Crippen LogP) is 2.97. The summed E-state index contributed by atoms with van der Waals surface area (Å²) in [6.07, 6.45) is 1.51. The van der Waals surface area contributed by atoms with Crippen LogP contribution in [0.25, 0.3) is 10.2 Å². The summed E-state index contributed by atoms with van der Waals surface area (Å²) < 4.78 is 13.8. The third-order valence-electron chi connectivity index (χ3n) is 3.09. The van der Waals surface area contributed by atoms with Crippen molar-refractivity contribution in [3.8, 4) is 0 Å². The average molecular weight is 302 g/mol. The topological polar surface area (TPSA) is 80.9 Å². The van der Waals surface area contributed by atoms with Crippen molar-refractivity contribution in [1.29, 1.82) is 0 Å². The number of carbonyl (C=O) groups excluding carboxylic acids is 1. The van der Waals surface area contributed by atoms with Crippen LogP contribution in [0.5, 0.6) is 0 Å². The Kier molecular flexibility index (Phi) is 3.26. The Bertz CT molecular complexity index is 826. The van der Waals surface area contributed by atoms with E-state index in [0.29, 0.717) is 26.3 Å². The van der Waals surface area contributed by atoms with Crippen LogP contribution in [-0.4, -0.2) is 16.1 Å². The third-order valence-corrected chi connectivity index (χ3v) is 4.19. The van der Waals surface area contributed by atoms with Crippen molar-refractivity contribution in [2.24, 2.45) is 0 Å². The van der Waals surface area contributed by atoms with Gasteiger partial charge >= 0.3 is 0 Å². The van der Waals surface area contributed by atoms with Crippen molar-refractivity contribution in [1.82, 2.24) is 10.2 Å². The number of rotatable bonds is 2. The minimum Gasteiger partial charge on any atom is -0.397 e. The van der Waals surface area contributed by atoms with Crippen LogP contribution in [0.1, 0.15) is 15.2 Å². The number of fused-ring (bicyclic) bond motifs is 1. The van der Waals surface area contributed by atoms with E-state index in [4.69, 9.17) is 5.73 Å². The van der Waals surface area contributed by atoms with Crippen LogP contribution in [0.15, 0.2) is 30.5 Å². The monoisotopic (exact) mass is 302 g/mol. The van der Waals surface area contributed by atoms with Gasteiger partial charge in [0.1, 0.15) is 15.5 Å². The molecule has 0 radical (unpaired) electrons. The van der Waals surface area contributed by atoms with Gasteiger partial charge in [0, 0.05) is 5.39 Å². The van der Waals surface area contributed by atoms with E-state index < -0.39 is 11.7 Å². The number of hydrogen-bond donors (Lipinski definition) is 2. The summed E-state index contributed by atoms with van der Waals surface area (Å²) in [6, 6.07) is 6.30. The fourth-order valence-corrected chi connectivity index (χ4v) is 2.94. The number of nitrogen functional groups attached to an aromatic ring is 1. The molecule has 2 heterocycles. The molecular weight excluding hydrogens is 291 g/mol.